The third kappa shape index (κ3) is 2.67. The minimum atomic E-state index is -0.0217. The van der Waals surface area contributed by atoms with E-state index in [-0.39, 0.29) is 11.6 Å². The summed E-state index contributed by atoms with van der Waals surface area (Å²) in [4.78, 5) is 15.8. The number of anilines is 1. The van der Waals surface area contributed by atoms with Gasteiger partial charge in [0.15, 0.2) is 0 Å². The van der Waals surface area contributed by atoms with E-state index in [1.54, 1.807) is 35.5 Å². The molecular weight excluding hydrogens is 244 g/mol. The Morgan fingerprint density at radius 2 is 2.11 bits per heavy atom. The summed E-state index contributed by atoms with van der Waals surface area (Å²) in [6.07, 6.45) is 8.69. The number of nitrogens with zero attached hydrogens (tertiary/aromatic N) is 3. The van der Waals surface area contributed by atoms with E-state index >= 15 is 0 Å². The van der Waals surface area contributed by atoms with Crippen molar-refractivity contribution in [3.63, 3.8) is 0 Å². The Kier molecular flexibility index (Phi) is 3.31. The van der Waals surface area contributed by atoms with E-state index < -0.39 is 0 Å². The second kappa shape index (κ2) is 5.26. The molecule has 2 aromatic rings. The molecule has 2 aromatic heterocycles. The zero-order valence-corrected chi connectivity index (χ0v) is 10.5. The molecule has 1 aliphatic carbocycles. The van der Waals surface area contributed by atoms with E-state index in [1.807, 2.05) is 0 Å². The minimum Gasteiger partial charge on any atom is -0.432 e. The van der Waals surface area contributed by atoms with Crippen molar-refractivity contribution in [1.82, 2.24) is 14.8 Å². The van der Waals surface area contributed by atoms with Gasteiger partial charge in [-0.1, -0.05) is 0 Å². The number of oxazole rings is 1. The lowest BCUT2D eigenvalue weighted by molar-refractivity contribution is 0.301. The molecule has 3 rings (SSSR count). The molecule has 1 fully saturated rings. The van der Waals surface area contributed by atoms with Crippen LogP contribution in [0.4, 0.5) is 6.01 Å². The molecule has 0 unspecified atom stereocenters. The van der Waals surface area contributed by atoms with Gasteiger partial charge in [0.2, 0.25) is 0 Å². The SMILES string of the molecule is O=c1cccnn1C1CCC(Nc2ncco2)CC1. The van der Waals surface area contributed by atoms with Crippen molar-refractivity contribution in [3.8, 4) is 0 Å². The second-order valence-electron chi connectivity index (χ2n) is 4.79. The lowest BCUT2D eigenvalue weighted by atomic mass is 9.91. The Labute approximate surface area is 110 Å². The highest BCUT2D eigenvalue weighted by molar-refractivity contribution is 5.20. The maximum Gasteiger partial charge on any atom is 0.294 e. The quantitative estimate of drug-likeness (QED) is 0.911. The molecule has 1 saturated carbocycles. The van der Waals surface area contributed by atoms with Crippen molar-refractivity contribution >= 4 is 6.01 Å². The van der Waals surface area contributed by atoms with Gasteiger partial charge in [0, 0.05) is 18.3 Å². The fourth-order valence-corrected chi connectivity index (χ4v) is 2.58. The Morgan fingerprint density at radius 1 is 1.26 bits per heavy atom. The Hall–Kier alpha value is -2.11. The van der Waals surface area contributed by atoms with Crippen molar-refractivity contribution < 1.29 is 4.42 Å². The number of hydrogen-bond acceptors (Lipinski definition) is 5. The van der Waals surface area contributed by atoms with Gasteiger partial charge in [0.25, 0.3) is 11.6 Å². The maximum absolute atomic E-state index is 11.7. The van der Waals surface area contributed by atoms with Gasteiger partial charge in [-0.05, 0) is 31.7 Å². The van der Waals surface area contributed by atoms with Crippen LogP contribution in [0.25, 0.3) is 0 Å². The van der Waals surface area contributed by atoms with E-state index in [0.29, 0.717) is 12.1 Å². The van der Waals surface area contributed by atoms with Crippen molar-refractivity contribution in [3.05, 3.63) is 41.1 Å². The average molecular weight is 260 g/mol. The molecule has 0 spiro atoms. The van der Waals surface area contributed by atoms with Gasteiger partial charge < -0.3 is 9.73 Å². The second-order valence-corrected chi connectivity index (χ2v) is 4.79. The first-order valence-corrected chi connectivity index (χ1v) is 6.53. The first kappa shape index (κ1) is 12.0. The van der Waals surface area contributed by atoms with Crippen LogP contribution in [0, 0.1) is 0 Å². The number of hydrogen-bond donors (Lipinski definition) is 1. The van der Waals surface area contributed by atoms with E-state index in [1.165, 1.54) is 0 Å². The molecule has 1 aliphatic rings. The van der Waals surface area contributed by atoms with Crippen LogP contribution in [0.1, 0.15) is 31.7 Å². The summed E-state index contributed by atoms with van der Waals surface area (Å²) in [5, 5.41) is 7.42. The maximum atomic E-state index is 11.7. The van der Waals surface area contributed by atoms with Crippen molar-refractivity contribution in [2.24, 2.45) is 0 Å². The summed E-state index contributed by atoms with van der Waals surface area (Å²) >= 11 is 0. The number of nitrogens with one attached hydrogen (secondary N) is 1. The van der Waals surface area contributed by atoms with E-state index in [4.69, 9.17) is 4.42 Å². The van der Waals surface area contributed by atoms with Crippen LogP contribution in [0.2, 0.25) is 0 Å². The van der Waals surface area contributed by atoms with Crippen molar-refractivity contribution in [1.29, 1.82) is 0 Å². The Balaban J connectivity index is 1.61. The lowest BCUT2D eigenvalue weighted by Gasteiger charge is -2.28. The zero-order valence-electron chi connectivity index (χ0n) is 10.5. The van der Waals surface area contributed by atoms with Crippen LogP contribution in [-0.4, -0.2) is 20.8 Å². The topological polar surface area (TPSA) is 73.0 Å². The molecule has 0 radical (unpaired) electrons. The molecule has 0 aromatic carbocycles. The van der Waals surface area contributed by atoms with Crippen LogP contribution >= 0.6 is 0 Å². The van der Waals surface area contributed by atoms with Crippen molar-refractivity contribution in [2.75, 3.05) is 5.32 Å². The number of aromatic nitrogens is 3. The third-order valence-corrected chi connectivity index (χ3v) is 3.54. The molecule has 2 heterocycles. The van der Waals surface area contributed by atoms with Gasteiger partial charge in [-0.3, -0.25) is 4.79 Å². The molecule has 0 saturated heterocycles. The van der Waals surface area contributed by atoms with E-state index in [0.717, 1.165) is 25.7 Å². The van der Waals surface area contributed by atoms with E-state index in [9.17, 15) is 4.79 Å². The zero-order chi connectivity index (χ0) is 13.1. The molecule has 19 heavy (non-hydrogen) atoms. The minimum absolute atomic E-state index is 0.0217. The normalized spacial score (nSPS) is 23.2. The standard InChI is InChI=1S/C13H16N4O2/c18-12-2-1-7-15-17(12)11-5-3-10(4-6-11)16-13-14-8-9-19-13/h1-2,7-11H,3-6H2,(H,14,16). The molecule has 6 heteroatoms. The van der Waals surface area contributed by atoms with Crippen LogP contribution in [0.3, 0.4) is 0 Å². The Morgan fingerprint density at radius 3 is 2.79 bits per heavy atom. The first-order chi connectivity index (χ1) is 9.33. The molecule has 0 atom stereocenters. The predicted molar refractivity (Wildman–Crippen MR) is 69.9 cm³/mol. The monoisotopic (exact) mass is 260 g/mol. The van der Waals surface area contributed by atoms with Gasteiger partial charge in [-0.15, -0.1) is 0 Å². The largest absolute Gasteiger partial charge is 0.432 e. The highest BCUT2D eigenvalue weighted by Crippen LogP contribution is 2.28. The Bertz CT molecular complexity index is 570. The van der Waals surface area contributed by atoms with Crippen LogP contribution in [0.5, 0.6) is 0 Å². The van der Waals surface area contributed by atoms with E-state index in [2.05, 4.69) is 15.4 Å². The smallest absolute Gasteiger partial charge is 0.294 e. The summed E-state index contributed by atoms with van der Waals surface area (Å²) < 4.78 is 6.78. The van der Waals surface area contributed by atoms with Crippen molar-refractivity contribution in [2.45, 2.75) is 37.8 Å². The molecule has 0 aliphatic heterocycles. The lowest BCUT2D eigenvalue weighted by Crippen LogP contribution is -2.32. The summed E-state index contributed by atoms with van der Waals surface area (Å²) in [7, 11) is 0. The van der Waals surface area contributed by atoms with Crippen LogP contribution < -0.4 is 10.9 Å². The van der Waals surface area contributed by atoms with Crippen LogP contribution in [-0.2, 0) is 0 Å². The van der Waals surface area contributed by atoms with Crippen LogP contribution in [0.15, 0.2) is 40.0 Å². The fraction of sp³-hybridized carbons (Fsp3) is 0.462. The molecule has 6 nitrogen and oxygen atoms in total. The molecule has 1 N–H and O–H groups in total. The summed E-state index contributed by atoms with van der Waals surface area (Å²) in [5.74, 6) is 0. The van der Waals surface area contributed by atoms with Gasteiger partial charge in [-0.25, -0.2) is 9.67 Å². The fourth-order valence-electron chi connectivity index (χ4n) is 2.58. The van der Waals surface area contributed by atoms with Gasteiger partial charge in [0.1, 0.15) is 6.26 Å². The van der Waals surface area contributed by atoms with Gasteiger partial charge in [-0.2, -0.15) is 5.10 Å². The molecule has 0 amide bonds. The molecule has 100 valence electrons. The third-order valence-electron chi connectivity index (χ3n) is 3.54. The predicted octanol–water partition coefficient (Wildman–Crippen LogP) is 1.83. The number of rotatable bonds is 3. The molecule has 0 bridgehead atoms. The first-order valence-electron chi connectivity index (χ1n) is 6.53. The summed E-state index contributed by atoms with van der Waals surface area (Å²) in [5.41, 5.74) is -0.0217. The molecular formula is C13H16N4O2. The summed E-state index contributed by atoms with van der Waals surface area (Å²) in [6, 6.07) is 4.36. The highest BCUT2D eigenvalue weighted by atomic mass is 16.4. The summed E-state index contributed by atoms with van der Waals surface area (Å²) in [6.45, 7) is 0. The van der Waals surface area contributed by atoms with Gasteiger partial charge in [0.05, 0.1) is 12.2 Å². The highest BCUT2D eigenvalue weighted by Gasteiger charge is 2.24. The average Bonchev–Trinajstić information content (AvgIpc) is 2.93. The van der Waals surface area contributed by atoms with Gasteiger partial charge >= 0.3 is 0 Å².